The highest BCUT2D eigenvalue weighted by atomic mass is 32.2. The van der Waals surface area contributed by atoms with E-state index in [0.717, 1.165) is 12.2 Å². The Morgan fingerprint density at radius 2 is 2.16 bits per heavy atom. The van der Waals surface area contributed by atoms with Gasteiger partial charge in [0.15, 0.2) is 0 Å². The molecule has 1 fully saturated rings. The minimum absolute atomic E-state index is 0.0398. The van der Waals surface area contributed by atoms with Crippen molar-refractivity contribution in [3.63, 3.8) is 0 Å². The van der Waals surface area contributed by atoms with Crippen molar-refractivity contribution < 1.29 is 19.4 Å². The normalized spacial score (nSPS) is 24.2. The largest absolute Gasteiger partial charge is 0.481 e. The average Bonchev–Trinajstić information content (AvgIpc) is 2.84. The van der Waals surface area contributed by atoms with Crippen LogP contribution in [0.25, 0.3) is 0 Å². The SMILES string of the molecule is CCCN(C(=O)C(C)CSC)C1COCC1C(=O)O. The standard InChI is InChI=1S/C13H23NO4S/c1-4-5-14(12(15)9(2)8-19-3)11-7-18-6-10(11)13(16)17/h9-11H,4-8H2,1-3H3,(H,16,17). The first-order chi connectivity index (χ1) is 9.02. The van der Waals surface area contributed by atoms with Gasteiger partial charge in [0.1, 0.15) is 5.92 Å². The minimum atomic E-state index is -0.881. The Bertz CT molecular complexity index is 324. The Labute approximate surface area is 118 Å². The molecule has 3 atom stereocenters. The average molecular weight is 289 g/mol. The van der Waals surface area contributed by atoms with Gasteiger partial charge in [-0.3, -0.25) is 9.59 Å². The van der Waals surface area contributed by atoms with Gasteiger partial charge in [0.25, 0.3) is 0 Å². The molecule has 1 saturated heterocycles. The van der Waals surface area contributed by atoms with Gasteiger partial charge in [0, 0.05) is 18.2 Å². The van der Waals surface area contributed by atoms with Crippen molar-refractivity contribution in [2.45, 2.75) is 26.3 Å². The first-order valence-electron chi connectivity index (χ1n) is 6.62. The van der Waals surface area contributed by atoms with E-state index in [9.17, 15) is 14.7 Å². The number of hydrogen-bond acceptors (Lipinski definition) is 4. The molecule has 0 bridgehead atoms. The molecule has 1 aliphatic rings. The monoisotopic (exact) mass is 289 g/mol. The van der Waals surface area contributed by atoms with Crippen molar-refractivity contribution in [3.05, 3.63) is 0 Å². The molecule has 3 unspecified atom stereocenters. The molecule has 0 aromatic carbocycles. The molecule has 0 aromatic rings. The molecule has 0 radical (unpaired) electrons. The number of carboxylic acids is 1. The number of carbonyl (C=O) groups excluding carboxylic acids is 1. The van der Waals surface area contributed by atoms with Gasteiger partial charge in [-0.15, -0.1) is 0 Å². The molecule has 19 heavy (non-hydrogen) atoms. The van der Waals surface area contributed by atoms with E-state index in [0.29, 0.717) is 13.2 Å². The Kier molecular flexibility index (Phi) is 6.65. The second-order valence-electron chi connectivity index (χ2n) is 4.94. The molecule has 6 heteroatoms. The predicted octanol–water partition coefficient (Wildman–Crippen LogP) is 1.32. The van der Waals surface area contributed by atoms with E-state index in [1.54, 1.807) is 16.7 Å². The number of carboxylic acid groups (broad SMARTS) is 1. The molecule has 5 nitrogen and oxygen atoms in total. The van der Waals surface area contributed by atoms with Crippen molar-refractivity contribution in [1.82, 2.24) is 4.90 Å². The molecular weight excluding hydrogens is 266 g/mol. The van der Waals surface area contributed by atoms with E-state index in [1.165, 1.54) is 0 Å². The van der Waals surface area contributed by atoms with E-state index < -0.39 is 11.9 Å². The lowest BCUT2D eigenvalue weighted by molar-refractivity contribution is -0.145. The summed E-state index contributed by atoms with van der Waals surface area (Å²) in [5, 5.41) is 9.20. The summed E-state index contributed by atoms with van der Waals surface area (Å²) in [6, 6.07) is -0.325. The number of aliphatic carboxylic acids is 1. The van der Waals surface area contributed by atoms with E-state index in [-0.39, 0.29) is 24.5 Å². The number of carbonyl (C=O) groups is 2. The van der Waals surface area contributed by atoms with Crippen LogP contribution in [-0.2, 0) is 14.3 Å². The lowest BCUT2D eigenvalue weighted by Gasteiger charge is -2.32. The molecule has 110 valence electrons. The van der Waals surface area contributed by atoms with Crippen LogP contribution in [0.15, 0.2) is 0 Å². The summed E-state index contributed by atoms with van der Waals surface area (Å²) in [5.41, 5.74) is 0. The summed E-state index contributed by atoms with van der Waals surface area (Å²) >= 11 is 1.63. The molecule has 0 aliphatic carbocycles. The van der Waals surface area contributed by atoms with Crippen molar-refractivity contribution in [1.29, 1.82) is 0 Å². The Hall–Kier alpha value is -0.750. The number of nitrogens with zero attached hydrogens (tertiary/aromatic N) is 1. The zero-order valence-electron chi connectivity index (χ0n) is 11.8. The number of amides is 1. The third-order valence-corrected chi connectivity index (χ3v) is 4.19. The summed E-state index contributed by atoms with van der Waals surface area (Å²) in [6.45, 7) is 5.01. The third-order valence-electron chi connectivity index (χ3n) is 3.35. The van der Waals surface area contributed by atoms with Crippen molar-refractivity contribution in [2.24, 2.45) is 11.8 Å². The fourth-order valence-electron chi connectivity index (χ4n) is 2.37. The molecule has 0 spiro atoms. The van der Waals surface area contributed by atoms with Crippen LogP contribution in [0.1, 0.15) is 20.3 Å². The molecule has 0 saturated carbocycles. The number of rotatable bonds is 7. The minimum Gasteiger partial charge on any atom is -0.481 e. The summed E-state index contributed by atoms with van der Waals surface area (Å²) in [6.07, 6.45) is 2.78. The summed E-state index contributed by atoms with van der Waals surface area (Å²) in [7, 11) is 0. The Morgan fingerprint density at radius 1 is 1.47 bits per heavy atom. The molecule has 1 amide bonds. The summed E-state index contributed by atoms with van der Waals surface area (Å²) < 4.78 is 5.27. The topological polar surface area (TPSA) is 66.8 Å². The Morgan fingerprint density at radius 3 is 2.68 bits per heavy atom. The van der Waals surface area contributed by atoms with Crippen LogP contribution in [0.4, 0.5) is 0 Å². The van der Waals surface area contributed by atoms with E-state index >= 15 is 0 Å². The van der Waals surface area contributed by atoms with Crippen molar-refractivity contribution in [3.8, 4) is 0 Å². The molecule has 1 aliphatic heterocycles. The van der Waals surface area contributed by atoms with Crippen LogP contribution in [0, 0.1) is 11.8 Å². The highest BCUT2D eigenvalue weighted by molar-refractivity contribution is 7.98. The van der Waals surface area contributed by atoms with E-state index in [1.807, 2.05) is 20.1 Å². The first kappa shape index (κ1) is 16.3. The van der Waals surface area contributed by atoms with E-state index in [4.69, 9.17) is 4.74 Å². The van der Waals surface area contributed by atoms with Gasteiger partial charge >= 0.3 is 5.97 Å². The van der Waals surface area contributed by atoms with Gasteiger partial charge < -0.3 is 14.7 Å². The highest BCUT2D eigenvalue weighted by Gasteiger charge is 2.40. The number of ether oxygens (including phenoxy) is 1. The van der Waals surface area contributed by atoms with Crippen molar-refractivity contribution in [2.75, 3.05) is 31.8 Å². The maximum atomic E-state index is 12.4. The van der Waals surface area contributed by atoms with Crippen LogP contribution in [-0.4, -0.2) is 59.7 Å². The smallest absolute Gasteiger partial charge is 0.311 e. The van der Waals surface area contributed by atoms with Crippen LogP contribution in [0.3, 0.4) is 0 Å². The molecular formula is C13H23NO4S. The summed E-state index contributed by atoms with van der Waals surface area (Å²) in [4.78, 5) is 25.4. The number of thioether (sulfide) groups is 1. The van der Waals surface area contributed by atoms with Crippen LogP contribution < -0.4 is 0 Å². The van der Waals surface area contributed by atoms with E-state index in [2.05, 4.69) is 0 Å². The van der Waals surface area contributed by atoms with Gasteiger partial charge in [-0.1, -0.05) is 13.8 Å². The summed E-state index contributed by atoms with van der Waals surface area (Å²) in [5.74, 6) is -0.773. The number of hydrogen-bond donors (Lipinski definition) is 1. The second kappa shape index (κ2) is 7.75. The fourth-order valence-corrected chi connectivity index (χ4v) is 3.01. The lowest BCUT2D eigenvalue weighted by atomic mass is 10.0. The second-order valence-corrected chi connectivity index (χ2v) is 5.85. The zero-order valence-corrected chi connectivity index (χ0v) is 12.6. The van der Waals surface area contributed by atoms with Gasteiger partial charge in [-0.2, -0.15) is 11.8 Å². The fraction of sp³-hybridized carbons (Fsp3) is 0.846. The molecule has 1 rings (SSSR count). The van der Waals surface area contributed by atoms with Crippen LogP contribution >= 0.6 is 11.8 Å². The van der Waals surface area contributed by atoms with Crippen molar-refractivity contribution >= 4 is 23.6 Å². The zero-order chi connectivity index (χ0) is 14.4. The van der Waals surface area contributed by atoms with Gasteiger partial charge in [-0.05, 0) is 12.7 Å². The van der Waals surface area contributed by atoms with Gasteiger partial charge in [-0.25, -0.2) is 0 Å². The predicted molar refractivity (Wildman–Crippen MR) is 75.3 cm³/mol. The highest BCUT2D eigenvalue weighted by Crippen LogP contribution is 2.23. The molecule has 1 N–H and O–H groups in total. The quantitative estimate of drug-likeness (QED) is 0.766. The molecule has 1 heterocycles. The van der Waals surface area contributed by atoms with Gasteiger partial charge in [0.05, 0.1) is 19.3 Å². The Balaban J connectivity index is 2.81. The first-order valence-corrected chi connectivity index (χ1v) is 8.02. The molecule has 0 aromatic heterocycles. The van der Waals surface area contributed by atoms with Crippen LogP contribution in [0.2, 0.25) is 0 Å². The lowest BCUT2D eigenvalue weighted by Crippen LogP contribution is -2.49. The third kappa shape index (κ3) is 4.11. The maximum Gasteiger partial charge on any atom is 0.311 e. The maximum absolute atomic E-state index is 12.4. The van der Waals surface area contributed by atoms with Crippen LogP contribution in [0.5, 0.6) is 0 Å². The van der Waals surface area contributed by atoms with Gasteiger partial charge in [0.2, 0.25) is 5.91 Å².